The molecule has 0 radical (unpaired) electrons. The van der Waals surface area contributed by atoms with Crippen LogP contribution in [0.25, 0.3) is 0 Å². The van der Waals surface area contributed by atoms with Gasteiger partial charge in [0.25, 0.3) is 0 Å². The van der Waals surface area contributed by atoms with E-state index >= 15 is 0 Å². The third-order valence-electron chi connectivity index (χ3n) is 8.59. The molecular formula is C35H54O6. The lowest BCUT2D eigenvalue weighted by Gasteiger charge is -2.37. The fraction of sp³-hybridized carbons (Fsp3) is 0.743. The maximum Gasteiger partial charge on any atom is 0.122 e. The summed E-state index contributed by atoms with van der Waals surface area (Å²) in [6.45, 7) is 0.566. The van der Waals surface area contributed by atoms with E-state index in [9.17, 15) is 9.90 Å². The zero-order valence-electron chi connectivity index (χ0n) is 25.3. The smallest absolute Gasteiger partial charge is 0.122 e. The van der Waals surface area contributed by atoms with Gasteiger partial charge < -0.3 is 28.8 Å². The highest BCUT2D eigenvalue weighted by Gasteiger charge is 2.33. The zero-order chi connectivity index (χ0) is 29.1. The molecule has 41 heavy (non-hydrogen) atoms. The van der Waals surface area contributed by atoms with Gasteiger partial charge in [-0.2, -0.15) is 0 Å². The Balaban J connectivity index is 1.38. The molecule has 6 heteroatoms. The second-order valence-electron chi connectivity index (χ2n) is 12.1. The Labute approximate surface area is 248 Å². The van der Waals surface area contributed by atoms with E-state index in [0.29, 0.717) is 13.0 Å². The van der Waals surface area contributed by atoms with Gasteiger partial charge in [-0.1, -0.05) is 62.4 Å². The molecule has 2 heterocycles. The molecule has 6 nitrogen and oxygen atoms in total. The van der Waals surface area contributed by atoms with Gasteiger partial charge in [-0.15, -0.1) is 12.3 Å². The van der Waals surface area contributed by atoms with Crippen molar-refractivity contribution in [2.24, 2.45) is 0 Å². The predicted molar refractivity (Wildman–Crippen MR) is 163 cm³/mol. The Morgan fingerprint density at radius 1 is 0.951 bits per heavy atom. The van der Waals surface area contributed by atoms with E-state index < -0.39 is 0 Å². The van der Waals surface area contributed by atoms with Crippen LogP contribution in [-0.4, -0.2) is 61.2 Å². The highest BCUT2D eigenvalue weighted by Crippen LogP contribution is 2.31. The van der Waals surface area contributed by atoms with Crippen molar-refractivity contribution in [1.29, 1.82) is 0 Å². The van der Waals surface area contributed by atoms with Crippen LogP contribution in [0.4, 0.5) is 0 Å². The molecule has 2 aliphatic heterocycles. The predicted octanol–water partition coefficient (Wildman–Crippen LogP) is 6.95. The Morgan fingerprint density at radius 2 is 1.61 bits per heavy atom. The molecule has 7 atom stereocenters. The van der Waals surface area contributed by atoms with E-state index in [4.69, 9.17) is 25.4 Å². The average Bonchev–Trinajstić information content (AvgIpc) is 2.98. The Morgan fingerprint density at radius 3 is 2.34 bits per heavy atom. The number of carbonyl (C=O) groups excluding carboxylic acids is 1. The summed E-state index contributed by atoms with van der Waals surface area (Å²) in [6.07, 6.45) is 22.3. The third-order valence-corrected chi connectivity index (χ3v) is 8.59. The normalized spacial score (nSPS) is 26.2. The van der Waals surface area contributed by atoms with Crippen molar-refractivity contribution in [3.05, 3.63) is 35.9 Å². The minimum atomic E-state index is -0.295. The number of hydrogen-bond acceptors (Lipinski definition) is 6. The van der Waals surface area contributed by atoms with Gasteiger partial charge in [-0.05, 0) is 63.4 Å². The van der Waals surface area contributed by atoms with Crippen LogP contribution in [0.2, 0.25) is 0 Å². The largest absolute Gasteiger partial charge is 0.393 e. The van der Waals surface area contributed by atoms with Crippen LogP contribution in [0.3, 0.4) is 0 Å². The molecule has 0 spiro atoms. The monoisotopic (exact) mass is 570 g/mol. The lowest BCUT2D eigenvalue weighted by Crippen LogP contribution is -2.40. The van der Waals surface area contributed by atoms with Crippen LogP contribution in [0.5, 0.6) is 0 Å². The minimum Gasteiger partial charge on any atom is -0.393 e. The number of carbonyl (C=O) groups is 1. The van der Waals surface area contributed by atoms with Gasteiger partial charge in [0.15, 0.2) is 0 Å². The van der Waals surface area contributed by atoms with Gasteiger partial charge in [-0.3, -0.25) is 0 Å². The number of hydrogen-bond donors (Lipinski definition) is 1. The van der Waals surface area contributed by atoms with Crippen molar-refractivity contribution in [1.82, 2.24) is 0 Å². The standard InChI is InChI=1S/C35H54O6/c1-3-4-5-6-7-8-9-13-17-29(37)22-30-18-14-19-31(40-30)23-33(38-2)25-35-26-34(24-32(41-35)20-21-36)39-27-28-15-11-10-12-16-28/h1,10-12,15-16,21,29-35,37H,4-9,13-14,17-20,22-27H2,2H3/t29-,30-,31-,32-,33+,34-,35+/m0/s1. The van der Waals surface area contributed by atoms with Gasteiger partial charge in [-0.25, -0.2) is 0 Å². The molecule has 0 amide bonds. The Hall–Kier alpha value is -1.75. The Kier molecular flexibility index (Phi) is 16.6. The van der Waals surface area contributed by atoms with Crippen molar-refractivity contribution in [2.45, 2.75) is 158 Å². The molecule has 2 saturated heterocycles. The number of methoxy groups -OCH3 is 1. The summed E-state index contributed by atoms with van der Waals surface area (Å²) in [5, 5.41) is 10.6. The van der Waals surface area contributed by atoms with Crippen LogP contribution in [-0.2, 0) is 30.3 Å². The molecular weight excluding hydrogens is 516 g/mol. The Bertz CT molecular complexity index is 854. The summed E-state index contributed by atoms with van der Waals surface area (Å²) in [6, 6.07) is 10.2. The number of terminal acetylenes is 1. The van der Waals surface area contributed by atoms with Gasteiger partial charge in [0.2, 0.25) is 0 Å². The van der Waals surface area contributed by atoms with E-state index in [0.717, 1.165) is 88.9 Å². The number of aliphatic hydroxyl groups excluding tert-OH is 1. The maximum absolute atomic E-state index is 11.3. The molecule has 2 fully saturated rings. The number of rotatable bonds is 20. The first-order valence-corrected chi connectivity index (χ1v) is 16.1. The first kappa shape index (κ1) is 33.7. The van der Waals surface area contributed by atoms with E-state index in [-0.39, 0.29) is 42.7 Å². The van der Waals surface area contributed by atoms with Crippen LogP contribution < -0.4 is 0 Å². The molecule has 0 aliphatic carbocycles. The molecule has 1 aromatic rings. The van der Waals surface area contributed by atoms with Crippen LogP contribution in [0, 0.1) is 12.3 Å². The second kappa shape index (κ2) is 20.2. The molecule has 230 valence electrons. The summed E-state index contributed by atoms with van der Waals surface area (Å²) in [4.78, 5) is 11.3. The van der Waals surface area contributed by atoms with Crippen molar-refractivity contribution < 1.29 is 28.8 Å². The van der Waals surface area contributed by atoms with Crippen molar-refractivity contribution in [3.63, 3.8) is 0 Å². The average molecular weight is 571 g/mol. The summed E-state index contributed by atoms with van der Waals surface area (Å²) >= 11 is 0. The fourth-order valence-electron chi connectivity index (χ4n) is 6.34. The van der Waals surface area contributed by atoms with Crippen LogP contribution >= 0.6 is 0 Å². The molecule has 0 unspecified atom stereocenters. The molecule has 0 aromatic heterocycles. The van der Waals surface area contributed by atoms with Crippen LogP contribution in [0.15, 0.2) is 30.3 Å². The highest BCUT2D eigenvalue weighted by atomic mass is 16.5. The van der Waals surface area contributed by atoms with Crippen molar-refractivity contribution in [3.8, 4) is 12.3 Å². The van der Waals surface area contributed by atoms with E-state index in [1.807, 2.05) is 18.2 Å². The highest BCUT2D eigenvalue weighted by molar-refractivity contribution is 5.50. The SMILES string of the molecule is C#CCCCCCCCC[C@H](O)C[C@@H]1CCC[C@@H](C[C@H](C[C@@H]2C[C@@H](OCc3ccccc3)C[C@H](CC=O)O2)OC)O1. The summed E-state index contributed by atoms with van der Waals surface area (Å²) < 4.78 is 24.9. The zero-order valence-corrected chi connectivity index (χ0v) is 25.3. The molecule has 0 saturated carbocycles. The fourth-order valence-corrected chi connectivity index (χ4v) is 6.34. The molecule has 2 aliphatic rings. The first-order valence-electron chi connectivity index (χ1n) is 16.1. The number of unbranched alkanes of at least 4 members (excludes halogenated alkanes) is 6. The summed E-state index contributed by atoms with van der Waals surface area (Å²) in [5.74, 6) is 2.70. The van der Waals surface area contributed by atoms with Crippen molar-refractivity contribution in [2.75, 3.05) is 7.11 Å². The molecule has 3 rings (SSSR count). The topological polar surface area (TPSA) is 74.2 Å². The summed E-state index contributed by atoms with van der Waals surface area (Å²) in [7, 11) is 1.76. The number of aliphatic hydroxyl groups is 1. The van der Waals surface area contributed by atoms with E-state index in [1.54, 1.807) is 7.11 Å². The number of aldehydes is 1. The van der Waals surface area contributed by atoms with Gasteiger partial charge >= 0.3 is 0 Å². The quantitative estimate of drug-likeness (QED) is 0.104. The van der Waals surface area contributed by atoms with Gasteiger partial charge in [0.1, 0.15) is 6.29 Å². The number of ether oxygens (including phenoxy) is 4. The van der Waals surface area contributed by atoms with E-state index in [1.165, 1.54) is 25.7 Å². The molecule has 1 N–H and O–H groups in total. The van der Waals surface area contributed by atoms with Gasteiger partial charge in [0, 0.05) is 26.4 Å². The lowest BCUT2D eigenvalue weighted by atomic mass is 9.92. The van der Waals surface area contributed by atoms with E-state index in [2.05, 4.69) is 18.1 Å². The third kappa shape index (κ3) is 13.8. The minimum absolute atomic E-state index is 0.0130. The summed E-state index contributed by atoms with van der Waals surface area (Å²) in [5.41, 5.74) is 1.15. The lowest BCUT2D eigenvalue weighted by molar-refractivity contribution is -0.141. The second-order valence-corrected chi connectivity index (χ2v) is 12.1. The number of benzene rings is 1. The molecule has 0 bridgehead atoms. The van der Waals surface area contributed by atoms with Gasteiger partial charge in [0.05, 0.1) is 49.3 Å². The maximum atomic E-state index is 11.3. The van der Waals surface area contributed by atoms with Crippen LogP contribution in [0.1, 0.15) is 115 Å². The molecule has 1 aromatic carbocycles. The van der Waals surface area contributed by atoms with Crippen molar-refractivity contribution >= 4 is 6.29 Å². The first-order chi connectivity index (χ1) is 20.1.